The number of pyridine rings is 1. The molecule has 1 aromatic rings. The van der Waals surface area contributed by atoms with Crippen molar-refractivity contribution in [1.29, 1.82) is 0 Å². The van der Waals surface area contributed by atoms with Gasteiger partial charge in [-0.2, -0.15) is 0 Å². The van der Waals surface area contributed by atoms with Crippen LogP contribution in [0.3, 0.4) is 0 Å². The molecule has 0 spiro atoms. The number of carbonyl (C=O) groups is 1. The van der Waals surface area contributed by atoms with Crippen molar-refractivity contribution >= 4 is 5.91 Å². The highest BCUT2D eigenvalue weighted by atomic mass is 16.5. The summed E-state index contributed by atoms with van der Waals surface area (Å²) in [6.07, 6.45) is 3.42. The van der Waals surface area contributed by atoms with E-state index in [2.05, 4.69) is 23.7 Å². The molecule has 1 aliphatic carbocycles. The van der Waals surface area contributed by atoms with Crippen LogP contribution in [0.1, 0.15) is 26.7 Å². The van der Waals surface area contributed by atoms with Gasteiger partial charge in [-0.1, -0.05) is 6.07 Å². The lowest BCUT2D eigenvalue weighted by Crippen LogP contribution is -2.56. The van der Waals surface area contributed by atoms with Gasteiger partial charge >= 0.3 is 0 Å². The lowest BCUT2D eigenvalue weighted by atomic mass is 10.1. The SMILES string of the molecule is CC(C)N(C)CC(=O)N1CCO[C@H]2[C@@H](Oc3ccccn3)CC[C@@H]21. The summed E-state index contributed by atoms with van der Waals surface area (Å²) >= 11 is 0. The van der Waals surface area contributed by atoms with Crippen LogP contribution in [0.15, 0.2) is 24.4 Å². The molecular weight excluding hydrogens is 306 g/mol. The van der Waals surface area contributed by atoms with Gasteiger partial charge in [-0.15, -0.1) is 0 Å². The fourth-order valence-electron chi connectivity index (χ4n) is 3.41. The number of fused-ring (bicyclic) bond motifs is 1. The summed E-state index contributed by atoms with van der Waals surface area (Å²) in [7, 11) is 1.99. The van der Waals surface area contributed by atoms with Crippen LogP contribution in [-0.4, -0.2) is 71.7 Å². The van der Waals surface area contributed by atoms with Crippen molar-refractivity contribution < 1.29 is 14.3 Å². The molecule has 0 unspecified atom stereocenters. The monoisotopic (exact) mass is 333 g/mol. The number of hydrogen-bond donors (Lipinski definition) is 0. The Labute approximate surface area is 143 Å². The molecule has 0 aromatic carbocycles. The second-order valence-electron chi connectivity index (χ2n) is 6.90. The first-order valence-electron chi connectivity index (χ1n) is 8.75. The van der Waals surface area contributed by atoms with E-state index < -0.39 is 0 Å². The lowest BCUT2D eigenvalue weighted by Gasteiger charge is -2.39. The highest BCUT2D eigenvalue weighted by Crippen LogP contribution is 2.32. The molecule has 2 fully saturated rings. The topological polar surface area (TPSA) is 54.9 Å². The quantitative estimate of drug-likeness (QED) is 0.818. The Morgan fingerprint density at radius 1 is 1.46 bits per heavy atom. The van der Waals surface area contributed by atoms with E-state index in [9.17, 15) is 4.79 Å². The number of carbonyl (C=O) groups excluding carboxylic acids is 1. The Morgan fingerprint density at radius 2 is 2.29 bits per heavy atom. The summed E-state index contributed by atoms with van der Waals surface area (Å²) in [6, 6.07) is 6.10. The third-order valence-electron chi connectivity index (χ3n) is 5.03. The predicted molar refractivity (Wildman–Crippen MR) is 90.9 cm³/mol. The molecule has 3 rings (SSSR count). The second-order valence-corrected chi connectivity index (χ2v) is 6.90. The van der Waals surface area contributed by atoms with Gasteiger partial charge in [-0.25, -0.2) is 4.98 Å². The van der Waals surface area contributed by atoms with Gasteiger partial charge in [0.1, 0.15) is 12.2 Å². The minimum Gasteiger partial charge on any atom is -0.471 e. The summed E-state index contributed by atoms with van der Waals surface area (Å²) in [5, 5.41) is 0. The smallest absolute Gasteiger partial charge is 0.237 e. The summed E-state index contributed by atoms with van der Waals surface area (Å²) < 4.78 is 12.0. The minimum atomic E-state index is -0.0611. The van der Waals surface area contributed by atoms with E-state index in [1.54, 1.807) is 6.20 Å². The van der Waals surface area contributed by atoms with Gasteiger partial charge in [0.15, 0.2) is 0 Å². The Morgan fingerprint density at radius 3 is 3.00 bits per heavy atom. The zero-order valence-corrected chi connectivity index (χ0v) is 14.7. The Balaban J connectivity index is 1.63. The zero-order valence-electron chi connectivity index (χ0n) is 14.7. The molecule has 2 aliphatic rings. The molecule has 0 bridgehead atoms. The van der Waals surface area contributed by atoms with Gasteiger partial charge in [-0.3, -0.25) is 9.69 Å². The van der Waals surface area contributed by atoms with Crippen LogP contribution in [0.4, 0.5) is 0 Å². The summed E-state index contributed by atoms with van der Waals surface area (Å²) in [6.45, 7) is 5.89. The molecule has 1 amide bonds. The van der Waals surface area contributed by atoms with E-state index >= 15 is 0 Å². The van der Waals surface area contributed by atoms with Crippen molar-refractivity contribution in [1.82, 2.24) is 14.8 Å². The van der Waals surface area contributed by atoms with Crippen molar-refractivity contribution in [2.24, 2.45) is 0 Å². The van der Waals surface area contributed by atoms with Gasteiger partial charge in [-0.05, 0) is 39.8 Å². The molecule has 1 saturated heterocycles. The first kappa shape index (κ1) is 17.2. The van der Waals surface area contributed by atoms with Crippen LogP contribution in [0, 0.1) is 0 Å². The van der Waals surface area contributed by atoms with Crippen LogP contribution in [-0.2, 0) is 9.53 Å². The standard InChI is InChI=1S/C18H27N3O3/c1-13(2)20(3)12-17(22)21-10-11-23-18-14(21)7-8-15(18)24-16-6-4-5-9-19-16/h4-6,9,13-15,18H,7-8,10-12H2,1-3H3/t14-,15-,18+/m0/s1. The van der Waals surface area contributed by atoms with Crippen LogP contribution < -0.4 is 4.74 Å². The van der Waals surface area contributed by atoms with Gasteiger partial charge < -0.3 is 14.4 Å². The van der Waals surface area contributed by atoms with Crippen molar-refractivity contribution in [3.8, 4) is 5.88 Å². The average molecular weight is 333 g/mol. The molecule has 6 heteroatoms. The molecule has 0 N–H and O–H groups in total. The fourth-order valence-corrected chi connectivity index (χ4v) is 3.41. The van der Waals surface area contributed by atoms with Crippen molar-refractivity contribution in [3.05, 3.63) is 24.4 Å². The summed E-state index contributed by atoms with van der Waals surface area (Å²) in [4.78, 5) is 21.0. The molecule has 132 valence electrons. The van der Waals surface area contributed by atoms with Gasteiger partial charge in [0.2, 0.25) is 11.8 Å². The lowest BCUT2D eigenvalue weighted by molar-refractivity contribution is -0.148. The second kappa shape index (κ2) is 7.49. The van der Waals surface area contributed by atoms with Gasteiger partial charge in [0.05, 0.1) is 19.2 Å². The Kier molecular flexibility index (Phi) is 5.36. The molecule has 2 heterocycles. The molecule has 1 aliphatic heterocycles. The molecule has 1 aromatic heterocycles. The molecule has 3 atom stereocenters. The summed E-state index contributed by atoms with van der Waals surface area (Å²) in [5.74, 6) is 0.803. The number of aromatic nitrogens is 1. The number of morpholine rings is 1. The predicted octanol–water partition coefficient (Wildman–Crippen LogP) is 1.56. The first-order valence-corrected chi connectivity index (χ1v) is 8.75. The average Bonchev–Trinajstić information content (AvgIpc) is 2.98. The first-order chi connectivity index (χ1) is 11.6. The molecule has 1 saturated carbocycles. The number of hydrogen-bond acceptors (Lipinski definition) is 5. The zero-order chi connectivity index (χ0) is 17.1. The van der Waals surface area contributed by atoms with Crippen molar-refractivity contribution in [3.63, 3.8) is 0 Å². The van der Waals surface area contributed by atoms with E-state index in [0.717, 1.165) is 12.8 Å². The van der Waals surface area contributed by atoms with E-state index in [1.807, 2.05) is 30.1 Å². The van der Waals surface area contributed by atoms with Crippen LogP contribution in [0.2, 0.25) is 0 Å². The van der Waals surface area contributed by atoms with Gasteiger partial charge in [0.25, 0.3) is 0 Å². The highest BCUT2D eigenvalue weighted by Gasteiger charge is 2.45. The van der Waals surface area contributed by atoms with Crippen LogP contribution >= 0.6 is 0 Å². The third-order valence-corrected chi connectivity index (χ3v) is 5.03. The summed E-state index contributed by atoms with van der Waals surface area (Å²) in [5.41, 5.74) is 0. The number of likely N-dealkylation sites (N-methyl/N-ethyl adjacent to an activating group) is 1. The number of amides is 1. The largest absolute Gasteiger partial charge is 0.471 e. The van der Waals surface area contributed by atoms with Crippen LogP contribution in [0.25, 0.3) is 0 Å². The van der Waals surface area contributed by atoms with Crippen LogP contribution in [0.5, 0.6) is 5.88 Å². The maximum Gasteiger partial charge on any atom is 0.237 e. The van der Waals surface area contributed by atoms with E-state index in [4.69, 9.17) is 9.47 Å². The number of rotatable bonds is 5. The number of ether oxygens (including phenoxy) is 2. The third kappa shape index (κ3) is 3.70. The molecular formula is C18H27N3O3. The van der Waals surface area contributed by atoms with E-state index in [0.29, 0.717) is 31.6 Å². The molecule has 24 heavy (non-hydrogen) atoms. The van der Waals surface area contributed by atoms with Gasteiger partial charge in [0, 0.05) is 24.8 Å². The minimum absolute atomic E-state index is 0.0386. The number of nitrogens with zero attached hydrogens (tertiary/aromatic N) is 3. The van der Waals surface area contributed by atoms with Crippen molar-refractivity contribution in [2.45, 2.75) is 51.0 Å². The normalized spacial score (nSPS) is 26.7. The maximum absolute atomic E-state index is 12.7. The fraction of sp³-hybridized carbons (Fsp3) is 0.667. The molecule has 6 nitrogen and oxygen atoms in total. The Hall–Kier alpha value is -1.66. The van der Waals surface area contributed by atoms with Crippen molar-refractivity contribution in [2.75, 3.05) is 26.7 Å². The van der Waals surface area contributed by atoms with E-state index in [1.165, 1.54) is 0 Å². The Bertz CT molecular complexity index is 552. The highest BCUT2D eigenvalue weighted by molar-refractivity contribution is 5.79. The molecule has 0 radical (unpaired) electrons. The maximum atomic E-state index is 12.7. The van der Waals surface area contributed by atoms with E-state index in [-0.39, 0.29) is 24.2 Å².